The molecule has 0 spiro atoms. The van der Waals surface area contributed by atoms with Gasteiger partial charge >= 0.3 is 0 Å². The molecule has 0 saturated carbocycles. The fourth-order valence-electron chi connectivity index (χ4n) is 3.29. The summed E-state index contributed by atoms with van der Waals surface area (Å²) < 4.78 is 6.19. The summed E-state index contributed by atoms with van der Waals surface area (Å²) in [5.74, 6) is 0.557. The summed E-state index contributed by atoms with van der Waals surface area (Å²) in [5.41, 5.74) is 7.66. The van der Waals surface area contributed by atoms with Gasteiger partial charge in [0.25, 0.3) is 5.91 Å². The van der Waals surface area contributed by atoms with Crippen molar-refractivity contribution in [1.82, 2.24) is 5.43 Å². The Bertz CT molecular complexity index is 1050. The monoisotopic (exact) mass is 449 g/mol. The summed E-state index contributed by atoms with van der Waals surface area (Å²) in [4.78, 5) is 14.8. The average molecular weight is 450 g/mol. The number of methoxy groups -OCH3 is 1. The predicted molar refractivity (Wildman–Crippen MR) is 119 cm³/mol. The lowest BCUT2D eigenvalue weighted by Gasteiger charge is -2.17. The Kier molecular flexibility index (Phi) is 5.62. The average Bonchev–Trinajstić information content (AvgIpc) is 3.18. The highest BCUT2D eigenvalue weighted by Gasteiger charge is 2.20. The molecule has 1 amide bonds. The molecule has 0 atom stereocenters. The third kappa shape index (κ3) is 4.49. The third-order valence-electron chi connectivity index (χ3n) is 4.88. The lowest BCUT2D eigenvalue weighted by molar-refractivity contribution is 0.0955. The summed E-state index contributed by atoms with van der Waals surface area (Å²) in [6.45, 7) is 1.63. The number of hydrazone groups is 1. The van der Waals surface area contributed by atoms with Crippen LogP contribution in [0.2, 0.25) is 0 Å². The second-order valence-electron chi connectivity index (χ2n) is 6.79. The number of hydrogen-bond acceptors (Lipinski definition) is 4. The zero-order valence-corrected chi connectivity index (χ0v) is 17.5. The molecule has 29 heavy (non-hydrogen) atoms. The summed E-state index contributed by atoms with van der Waals surface area (Å²) in [6.07, 6.45) is 1.61. The summed E-state index contributed by atoms with van der Waals surface area (Å²) in [5, 5.41) is 4.06. The molecule has 1 heterocycles. The number of halogens is 1. The van der Waals surface area contributed by atoms with Gasteiger partial charge in [0.15, 0.2) is 0 Å². The van der Waals surface area contributed by atoms with E-state index in [2.05, 4.69) is 43.5 Å². The van der Waals surface area contributed by atoms with Gasteiger partial charge in [-0.15, -0.1) is 0 Å². The van der Waals surface area contributed by atoms with Gasteiger partial charge in [-0.25, -0.2) is 5.43 Å². The van der Waals surface area contributed by atoms with Crippen molar-refractivity contribution in [2.24, 2.45) is 5.10 Å². The van der Waals surface area contributed by atoms with Crippen molar-refractivity contribution in [3.63, 3.8) is 0 Å². The molecule has 3 aromatic rings. The molecule has 0 unspecified atom stereocenters. The maximum absolute atomic E-state index is 12.5. The fourth-order valence-corrected chi connectivity index (χ4v) is 3.55. The Labute approximate surface area is 178 Å². The van der Waals surface area contributed by atoms with Gasteiger partial charge in [0.2, 0.25) is 0 Å². The van der Waals surface area contributed by atoms with E-state index in [1.165, 1.54) is 16.8 Å². The van der Waals surface area contributed by atoms with Crippen molar-refractivity contribution in [2.45, 2.75) is 13.1 Å². The van der Waals surface area contributed by atoms with Crippen molar-refractivity contribution in [1.29, 1.82) is 0 Å². The molecule has 0 fully saturated rings. The number of benzene rings is 3. The highest BCUT2D eigenvalue weighted by Crippen LogP contribution is 2.29. The predicted octanol–water partition coefficient (Wildman–Crippen LogP) is 4.74. The van der Waals surface area contributed by atoms with E-state index in [1.54, 1.807) is 13.3 Å². The van der Waals surface area contributed by atoms with Crippen LogP contribution in [0, 0.1) is 0 Å². The van der Waals surface area contributed by atoms with Crippen LogP contribution in [-0.2, 0) is 13.1 Å². The second kappa shape index (κ2) is 8.49. The van der Waals surface area contributed by atoms with Gasteiger partial charge in [0, 0.05) is 28.8 Å². The molecule has 0 bridgehead atoms. The number of ether oxygens (including phenoxy) is 1. The van der Waals surface area contributed by atoms with E-state index < -0.39 is 0 Å². The number of hydrogen-bond donors (Lipinski definition) is 1. The Morgan fingerprint density at radius 1 is 1.03 bits per heavy atom. The molecule has 4 rings (SSSR count). The topological polar surface area (TPSA) is 53.9 Å². The van der Waals surface area contributed by atoms with Crippen LogP contribution in [0.3, 0.4) is 0 Å². The number of rotatable bonds is 5. The van der Waals surface area contributed by atoms with Crippen molar-refractivity contribution in [2.75, 3.05) is 12.0 Å². The number of carbonyl (C=O) groups excluding carboxylic acids is 1. The number of nitrogens with one attached hydrogen (secondary N) is 1. The van der Waals surface area contributed by atoms with Crippen LogP contribution in [0.4, 0.5) is 5.69 Å². The number of anilines is 1. The second-order valence-corrected chi connectivity index (χ2v) is 7.70. The Morgan fingerprint density at radius 2 is 1.76 bits per heavy atom. The van der Waals surface area contributed by atoms with Crippen LogP contribution in [0.15, 0.2) is 76.3 Å². The zero-order valence-electron chi connectivity index (χ0n) is 15.9. The molecule has 0 saturated heterocycles. The van der Waals surface area contributed by atoms with Gasteiger partial charge in [-0.05, 0) is 77.4 Å². The lowest BCUT2D eigenvalue weighted by Crippen LogP contribution is -2.17. The Hall–Kier alpha value is -3.12. The molecular formula is C23H20BrN3O2. The quantitative estimate of drug-likeness (QED) is 0.451. The number of carbonyl (C=O) groups is 1. The lowest BCUT2D eigenvalue weighted by atomic mass is 10.1. The smallest absolute Gasteiger partial charge is 0.271 e. The maximum Gasteiger partial charge on any atom is 0.271 e. The van der Waals surface area contributed by atoms with Crippen LogP contribution in [0.25, 0.3) is 0 Å². The normalized spacial score (nSPS) is 12.8. The van der Waals surface area contributed by atoms with E-state index in [4.69, 9.17) is 4.74 Å². The van der Waals surface area contributed by atoms with Gasteiger partial charge in [-0.3, -0.25) is 4.79 Å². The minimum atomic E-state index is -0.223. The molecule has 1 aliphatic rings. The van der Waals surface area contributed by atoms with Crippen LogP contribution < -0.4 is 15.1 Å². The third-order valence-corrected chi connectivity index (χ3v) is 5.41. The van der Waals surface area contributed by atoms with Gasteiger partial charge in [-0.2, -0.15) is 5.10 Å². The fraction of sp³-hybridized carbons (Fsp3) is 0.130. The van der Waals surface area contributed by atoms with E-state index in [0.717, 1.165) is 28.9 Å². The summed E-state index contributed by atoms with van der Waals surface area (Å²) >= 11 is 3.47. The number of amides is 1. The SMILES string of the molecule is COc1ccc(/C=N\NC(=O)c2ccc3c(c2)CN(c2ccc(Br)cc2)C3)cc1. The van der Waals surface area contributed by atoms with Crippen LogP contribution in [-0.4, -0.2) is 19.2 Å². The van der Waals surface area contributed by atoms with E-state index in [9.17, 15) is 4.79 Å². The van der Waals surface area contributed by atoms with Crippen molar-refractivity contribution in [3.8, 4) is 5.75 Å². The van der Waals surface area contributed by atoms with Crippen molar-refractivity contribution >= 4 is 33.7 Å². The largest absolute Gasteiger partial charge is 0.497 e. The van der Waals surface area contributed by atoms with E-state index >= 15 is 0 Å². The zero-order chi connectivity index (χ0) is 20.2. The van der Waals surface area contributed by atoms with Crippen LogP contribution >= 0.6 is 15.9 Å². The first-order valence-corrected chi connectivity index (χ1v) is 10.0. The van der Waals surface area contributed by atoms with E-state index in [1.807, 2.05) is 54.6 Å². The van der Waals surface area contributed by atoms with Crippen molar-refractivity contribution < 1.29 is 9.53 Å². The Balaban J connectivity index is 1.40. The molecule has 1 N–H and O–H groups in total. The van der Waals surface area contributed by atoms with Crippen molar-refractivity contribution in [3.05, 3.63) is 93.5 Å². The highest BCUT2D eigenvalue weighted by atomic mass is 79.9. The number of nitrogens with zero attached hydrogens (tertiary/aromatic N) is 2. The molecule has 3 aromatic carbocycles. The highest BCUT2D eigenvalue weighted by molar-refractivity contribution is 9.10. The molecule has 5 nitrogen and oxygen atoms in total. The van der Waals surface area contributed by atoms with Crippen LogP contribution in [0.1, 0.15) is 27.0 Å². The summed E-state index contributed by atoms with van der Waals surface area (Å²) in [6, 6.07) is 21.5. The maximum atomic E-state index is 12.5. The minimum Gasteiger partial charge on any atom is -0.497 e. The van der Waals surface area contributed by atoms with E-state index in [-0.39, 0.29) is 5.91 Å². The van der Waals surface area contributed by atoms with Gasteiger partial charge in [0.1, 0.15) is 5.75 Å². The van der Waals surface area contributed by atoms with Gasteiger partial charge in [0.05, 0.1) is 13.3 Å². The molecule has 6 heteroatoms. The molecular weight excluding hydrogens is 430 g/mol. The molecule has 0 aromatic heterocycles. The molecule has 0 aliphatic carbocycles. The minimum absolute atomic E-state index is 0.223. The number of fused-ring (bicyclic) bond motifs is 1. The van der Waals surface area contributed by atoms with Gasteiger partial charge < -0.3 is 9.64 Å². The van der Waals surface area contributed by atoms with Gasteiger partial charge in [-0.1, -0.05) is 22.0 Å². The molecule has 1 aliphatic heterocycles. The first-order valence-electron chi connectivity index (χ1n) is 9.22. The first-order chi connectivity index (χ1) is 14.1. The Morgan fingerprint density at radius 3 is 2.48 bits per heavy atom. The van der Waals surface area contributed by atoms with E-state index in [0.29, 0.717) is 5.56 Å². The van der Waals surface area contributed by atoms with Crippen LogP contribution in [0.5, 0.6) is 5.75 Å². The first kappa shape index (κ1) is 19.2. The molecule has 0 radical (unpaired) electrons. The standard InChI is InChI=1S/C23H20BrN3O2/c1-29-22-10-2-16(3-11-22)13-25-26-23(28)17-4-5-18-14-27(15-19(18)12-17)21-8-6-20(24)7-9-21/h2-13H,14-15H2,1H3,(H,26,28)/b25-13-. The molecule has 146 valence electrons. The summed E-state index contributed by atoms with van der Waals surface area (Å²) in [7, 11) is 1.62.